The Morgan fingerprint density at radius 3 is 1.70 bits per heavy atom. The number of aryl methyl sites for hydroxylation is 1. The normalized spacial score (nSPS) is 14.1. The van der Waals surface area contributed by atoms with Gasteiger partial charge in [-0.15, -0.1) is 0 Å². The average molecular weight is 413 g/mol. The molecule has 0 aliphatic rings. The van der Waals surface area contributed by atoms with Crippen LogP contribution in [0.4, 0.5) is 0 Å². The second-order valence-corrected chi connectivity index (χ2v) is 10.0. The Kier molecular flexibility index (Phi) is 6.47. The van der Waals surface area contributed by atoms with Crippen LogP contribution in [0.3, 0.4) is 0 Å². The van der Waals surface area contributed by atoms with Crippen molar-refractivity contribution >= 4 is 20.2 Å². The quantitative estimate of drug-likeness (QED) is 0.483. The molecule has 1 atom stereocenters. The van der Waals surface area contributed by atoms with Crippen LogP contribution in [0, 0.1) is 12.3 Å². The number of benzene rings is 2. The average Bonchev–Trinajstić information content (AvgIpc) is 2.62. The SMILES string of the molecule is CCC(C)(C)C(OS(=O)(=O)c1ccccc1)OS(=O)(=O)c1ccc(C)cc1. The Balaban J connectivity index is 2.37. The molecule has 0 amide bonds. The number of hydrogen-bond donors (Lipinski definition) is 0. The fourth-order valence-corrected chi connectivity index (χ4v) is 4.37. The molecule has 2 aromatic carbocycles. The molecule has 0 bridgehead atoms. The van der Waals surface area contributed by atoms with Crippen molar-refractivity contribution in [3.63, 3.8) is 0 Å². The van der Waals surface area contributed by atoms with Crippen LogP contribution in [0.2, 0.25) is 0 Å². The highest BCUT2D eigenvalue weighted by atomic mass is 32.2. The van der Waals surface area contributed by atoms with E-state index in [1.165, 1.54) is 24.3 Å². The molecule has 27 heavy (non-hydrogen) atoms. The van der Waals surface area contributed by atoms with E-state index < -0.39 is 31.9 Å². The Labute approximate surface area is 161 Å². The van der Waals surface area contributed by atoms with Crippen LogP contribution in [0.25, 0.3) is 0 Å². The van der Waals surface area contributed by atoms with Gasteiger partial charge in [-0.1, -0.05) is 56.7 Å². The molecule has 1 unspecified atom stereocenters. The van der Waals surface area contributed by atoms with Crippen molar-refractivity contribution in [1.29, 1.82) is 0 Å². The number of hydrogen-bond acceptors (Lipinski definition) is 6. The Morgan fingerprint density at radius 1 is 0.815 bits per heavy atom. The van der Waals surface area contributed by atoms with Crippen molar-refractivity contribution < 1.29 is 25.2 Å². The zero-order valence-electron chi connectivity index (χ0n) is 15.7. The number of rotatable bonds is 8. The summed E-state index contributed by atoms with van der Waals surface area (Å²) in [5, 5.41) is 0. The first-order chi connectivity index (χ1) is 12.5. The van der Waals surface area contributed by atoms with Gasteiger partial charge in [0.25, 0.3) is 20.2 Å². The monoisotopic (exact) mass is 412 g/mol. The van der Waals surface area contributed by atoms with E-state index in [9.17, 15) is 16.8 Å². The lowest BCUT2D eigenvalue weighted by atomic mass is 9.90. The van der Waals surface area contributed by atoms with E-state index in [1.807, 2.05) is 6.92 Å². The maximum atomic E-state index is 12.6. The van der Waals surface area contributed by atoms with Crippen molar-refractivity contribution in [2.75, 3.05) is 0 Å². The minimum Gasteiger partial charge on any atom is -0.232 e. The van der Waals surface area contributed by atoms with Crippen molar-refractivity contribution in [3.8, 4) is 0 Å². The van der Waals surface area contributed by atoms with Crippen molar-refractivity contribution in [2.45, 2.75) is 50.2 Å². The predicted octanol–water partition coefficient (Wildman–Crippen LogP) is 3.87. The van der Waals surface area contributed by atoms with E-state index in [0.29, 0.717) is 6.42 Å². The van der Waals surface area contributed by atoms with E-state index in [1.54, 1.807) is 51.1 Å². The molecule has 0 aromatic heterocycles. The highest BCUT2D eigenvalue weighted by molar-refractivity contribution is 7.87. The molecule has 0 N–H and O–H groups in total. The van der Waals surface area contributed by atoms with Crippen LogP contribution >= 0.6 is 0 Å². The third-order valence-corrected chi connectivity index (χ3v) is 6.87. The standard InChI is InChI=1S/C19H24O6S2/c1-5-19(3,4)18(24-26(20,21)16-9-7-6-8-10-16)25-27(22,23)17-13-11-15(2)12-14-17/h6-14,18H,5H2,1-4H3. The van der Waals surface area contributed by atoms with Gasteiger partial charge in [0.2, 0.25) is 0 Å². The maximum absolute atomic E-state index is 12.6. The van der Waals surface area contributed by atoms with Crippen molar-refractivity contribution in [3.05, 3.63) is 60.2 Å². The lowest BCUT2D eigenvalue weighted by Gasteiger charge is -2.31. The predicted molar refractivity (Wildman–Crippen MR) is 102 cm³/mol. The Hall–Kier alpha value is -1.74. The van der Waals surface area contributed by atoms with E-state index in [0.717, 1.165) is 5.56 Å². The third-order valence-electron chi connectivity index (χ3n) is 4.32. The zero-order chi connectivity index (χ0) is 20.3. The van der Waals surface area contributed by atoms with Crippen LogP contribution in [-0.4, -0.2) is 23.1 Å². The first-order valence-electron chi connectivity index (χ1n) is 8.46. The molecular weight excluding hydrogens is 388 g/mol. The molecular formula is C19H24O6S2. The van der Waals surface area contributed by atoms with Gasteiger partial charge in [0.1, 0.15) is 0 Å². The highest BCUT2D eigenvalue weighted by Gasteiger charge is 2.38. The fraction of sp³-hybridized carbons (Fsp3) is 0.368. The lowest BCUT2D eigenvalue weighted by molar-refractivity contribution is -0.0738. The minimum atomic E-state index is -4.21. The summed E-state index contributed by atoms with van der Waals surface area (Å²) in [5.74, 6) is 0. The summed E-state index contributed by atoms with van der Waals surface area (Å²) in [4.78, 5) is -0.135. The van der Waals surface area contributed by atoms with Gasteiger partial charge < -0.3 is 0 Å². The van der Waals surface area contributed by atoms with Gasteiger partial charge in [-0.2, -0.15) is 16.8 Å². The van der Waals surface area contributed by atoms with E-state index in [2.05, 4.69) is 0 Å². The van der Waals surface area contributed by atoms with Gasteiger partial charge in [0.15, 0.2) is 6.29 Å². The summed E-state index contributed by atoms with van der Waals surface area (Å²) in [5.41, 5.74) is 0.0156. The summed E-state index contributed by atoms with van der Waals surface area (Å²) < 4.78 is 60.9. The van der Waals surface area contributed by atoms with Gasteiger partial charge in [0, 0.05) is 5.41 Å². The van der Waals surface area contributed by atoms with Crippen LogP contribution in [0.1, 0.15) is 32.8 Å². The molecule has 8 heteroatoms. The summed E-state index contributed by atoms with van der Waals surface area (Å²) in [7, 11) is -8.42. The van der Waals surface area contributed by atoms with Crippen LogP contribution in [-0.2, 0) is 28.6 Å². The first-order valence-corrected chi connectivity index (χ1v) is 11.3. The van der Waals surface area contributed by atoms with Gasteiger partial charge in [0.05, 0.1) is 9.79 Å². The molecule has 148 valence electrons. The summed E-state index contributed by atoms with van der Waals surface area (Å²) >= 11 is 0. The van der Waals surface area contributed by atoms with Gasteiger partial charge in [-0.25, -0.2) is 8.37 Å². The van der Waals surface area contributed by atoms with Crippen molar-refractivity contribution in [2.24, 2.45) is 5.41 Å². The molecule has 0 aliphatic carbocycles. The maximum Gasteiger partial charge on any atom is 0.299 e. The lowest BCUT2D eigenvalue weighted by Crippen LogP contribution is -2.37. The van der Waals surface area contributed by atoms with Crippen LogP contribution in [0.15, 0.2) is 64.4 Å². The summed E-state index contributed by atoms with van der Waals surface area (Å²) in [6.07, 6.45) is -1.08. The second kappa shape index (κ2) is 8.10. The van der Waals surface area contributed by atoms with E-state index in [4.69, 9.17) is 8.37 Å². The largest absolute Gasteiger partial charge is 0.299 e. The molecule has 0 fully saturated rings. The smallest absolute Gasteiger partial charge is 0.232 e. The molecule has 2 aromatic rings. The second-order valence-electron chi connectivity index (χ2n) is 6.90. The molecule has 0 heterocycles. The summed E-state index contributed by atoms with van der Waals surface area (Å²) in [6, 6.07) is 13.6. The van der Waals surface area contributed by atoms with E-state index >= 15 is 0 Å². The minimum absolute atomic E-state index is 0.0642. The Bertz CT molecular complexity index is 963. The van der Waals surface area contributed by atoms with Gasteiger partial charge >= 0.3 is 0 Å². The van der Waals surface area contributed by atoms with Crippen LogP contribution < -0.4 is 0 Å². The fourth-order valence-electron chi connectivity index (χ4n) is 2.08. The molecule has 0 radical (unpaired) electrons. The molecule has 6 nitrogen and oxygen atoms in total. The van der Waals surface area contributed by atoms with E-state index in [-0.39, 0.29) is 9.79 Å². The molecule has 0 aliphatic heterocycles. The zero-order valence-corrected chi connectivity index (χ0v) is 17.4. The van der Waals surface area contributed by atoms with Gasteiger partial charge in [-0.05, 0) is 37.6 Å². The molecule has 0 saturated carbocycles. The van der Waals surface area contributed by atoms with Crippen molar-refractivity contribution in [1.82, 2.24) is 0 Å². The third kappa shape index (κ3) is 5.38. The molecule has 0 spiro atoms. The first kappa shape index (κ1) is 21.6. The summed E-state index contributed by atoms with van der Waals surface area (Å²) in [6.45, 7) is 6.99. The van der Waals surface area contributed by atoms with Crippen LogP contribution in [0.5, 0.6) is 0 Å². The molecule has 0 saturated heterocycles. The van der Waals surface area contributed by atoms with Gasteiger partial charge in [-0.3, -0.25) is 0 Å². The Morgan fingerprint density at radius 2 is 1.26 bits per heavy atom. The highest BCUT2D eigenvalue weighted by Crippen LogP contribution is 2.33. The topological polar surface area (TPSA) is 86.7 Å². The molecule has 2 rings (SSSR count).